The summed E-state index contributed by atoms with van der Waals surface area (Å²) >= 11 is 6.04. The lowest BCUT2D eigenvalue weighted by molar-refractivity contribution is 0.0786. The molecule has 0 bridgehead atoms. The lowest BCUT2D eigenvalue weighted by atomic mass is 10.1. The molecule has 17 heavy (non-hydrogen) atoms. The van der Waals surface area contributed by atoms with Crippen LogP contribution >= 0.6 is 11.6 Å². The Labute approximate surface area is 108 Å². The molecule has 0 aliphatic carbocycles. The van der Waals surface area contributed by atoms with Crippen molar-refractivity contribution >= 4 is 17.5 Å². The number of benzene rings is 1. The summed E-state index contributed by atoms with van der Waals surface area (Å²) < 4.78 is 0. The number of likely N-dealkylation sites (N-methyl/N-ethyl adjacent to an activating group) is 2. The smallest absolute Gasteiger partial charge is 0.255 e. The van der Waals surface area contributed by atoms with Crippen molar-refractivity contribution in [3.8, 4) is 0 Å². The zero-order valence-corrected chi connectivity index (χ0v) is 11.6. The van der Waals surface area contributed by atoms with E-state index >= 15 is 0 Å². The van der Waals surface area contributed by atoms with Crippen LogP contribution < -0.4 is 0 Å². The van der Waals surface area contributed by atoms with Crippen LogP contribution in [0.3, 0.4) is 0 Å². The number of halogens is 1. The molecule has 0 saturated carbocycles. The molecule has 0 unspecified atom stereocenters. The number of hydrogen-bond donors (Lipinski definition) is 0. The maximum absolute atomic E-state index is 12.2. The molecule has 4 heteroatoms. The van der Waals surface area contributed by atoms with Gasteiger partial charge in [-0.3, -0.25) is 4.79 Å². The van der Waals surface area contributed by atoms with Gasteiger partial charge in [-0.1, -0.05) is 23.2 Å². The fourth-order valence-corrected chi connectivity index (χ4v) is 1.66. The third kappa shape index (κ3) is 4.02. The van der Waals surface area contributed by atoms with E-state index in [9.17, 15) is 4.79 Å². The van der Waals surface area contributed by atoms with Gasteiger partial charge in [-0.2, -0.15) is 0 Å². The number of carbonyl (C=O) groups excluding carboxylic acids is 1. The summed E-state index contributed by atoms with van der Waals surface area (Å²) in [5.41, 5.74) is 1.62. The molecule has 94 valence electrons. The Morgan fingerprint density at radius 3 is 2.47 bits per heavy atom. The van der Waals surface area contributed by atoms with Gasteiger partial charge in [-0.05, 0) is 33.2 Å². The monoisotopic (exact) mass is 254 g/mol. The lowest BCUT2D eigenvalue weighted by Gasteiger charge is -2.20. The van der Waals surface area contributed by atoms with E-state index < -0.39 is 0 Å². The number of hydrogen-bond acceptors (Lipinski definition) is 2. The molecule has 1 aromatic rings. The summed E-state index contributed by atoms with van der Waals surface area (Å²) in [5, 5.41) is 0.511. The first-order chi connectivity index (χ1) is 7.91. The van der Waals surface area contributed by atoms with Gasteiger partial charge in [0.15, 0.2) is 0 Å². The molecule has 1 aromatic carbocycles. The van der Waals surface area contributed by atoms with Gasteiger partial charge in [0, 0.05) is 20.1 Å². The molecule has 0 N–H and O–H groups in total. The van der Waals surface area contributed by atoms with Crippen molar-refractivity contribution in [2.45, 2.75) is 6.92 Å². The molecule has 0 radical (unpaired) electrons. The molecule has 1 rings (SSSR count). The Morgan fingerprint density at radius 2 is 1.88 bits per heavy atom. The van der Waals surface area contributed by atoms with Crippen LogP contribution in [0.5, 0.6) is 0 Å². The van der Waals surface area contributed by atoms with Crippen molar-refractivity contribution in [1.82, 2.24) is 9.80 Å². The minimum atomic E-state index is -0.0273. The summed E-state index contributed by atoms with van der Waals surface area (Å²) in [6.07, 6.45) is 0. The molecule has 0 aliphatic rings. The van der Waals surface area contributed by atoms with Crippen molar-refractivity contribution < 1.29 is 4.79 Å². The first kappa shape index (κ1) is 14.0. The van der Waals surface area contributed by atoms with E-state index in [1.165, 1.54) is 0 Å². The maximum Gasteiger partial charge on any atom is 0.255 e. The molecule has 1 amide bonds. The summed E-state index contributed by atoms with van der Waals surface area (Å²) in [6.45, 7) is 3.48. The van der Waals surface area contributed by atoms with E-state index in [0.29, 0.717) is 17.1 Å². The van der Waals surface area contributed by atoms with E-state index in [-0.39, 0.29) is 5.91 Å². The van der Waals surface area contributed by atoms with Gasteiger partial charge in [-0.15, -0.1) is 0 Å². The standard InChI is InChI=1S/C13H19ClN2O/c1-10-5-6-12(14)11(9-10)13(17)16(4)8-7-15(2)3/h5-6,9H,7-8H2,1-4H3. The molecule has 0 fully saturated rings. The first-order valence-electron chi connectivity index (χ1n) is 5.58. The van der Waals surface area contributed by atoms with E-state index in [1.54, 1.807) is 18.0 Å². The third-order valence-electron chi connectivity index (χ3n) is 2.58. The number of amides is 1. The van der Waals surface area contributed by atoms with Crippen LogP contribution in [-0.4, -0.2) is 49.9 Å². The number of aryl methyl sites for hydroxylation is 1. The Morgan fingerprint density at radius 1 is 1.24 bits per heavy atom. The predicted molar refractivity (Wildman–Crippen MR) is 71.7 cm³/mol. The number of carbonyl (C=O) groups is 1. The van der Waals surface area contributed by atoms with Crippen LogP contribution in [0.25, 0.3) is 0 Å². The van der Waals surface area contributed by atoms with Crippen molar-refractivity contribution in [2.75, 3.05) is 34.2 Å². The second-order valence-corrected chi connectivity index (χ2v) is 4.92. The van der Waals surface area contributed by atoms with Crippen molar-refractivity contribution in [2.24, 2.45) is 0 Å². The highest BCUT2D eigenvalue weighted by Crippen LogP contribution is 2.18. The molecule has 0 saturated heterocycles. The second-order valence-electron chi connectivity index (χ2n) is 4.51. The summed E-state index contributed by atoms with van der Waals surface area (Å²) in [7, 11) is 5.76. The quantitative estimate of drug-likeness (QED) is 0.823. The summed E-state index contributed by atoms with van der Waals surface area (Å²) in [5.74, 6) is -0.0273. The van der Waals surface area contributed by atoms with E-state index in [4.69, 9.17) is 11.6 Å². The molecule has 0 aliphatic heterocycles. The molecule has 0 spiro atoms. The van der Waals surface area contributed by atoms with Gasteiger partial charge in [0.1, 0.15) is 0 Å². The van der Waals surface area contributed by atoms with Crippen LogP contribution in [0.15, 0.2) is 18.2 Å². The third-order valence-corrected chi connectivity index (χ3v) is 2.91. The highest BCUT2D eigenvalue weighted by molar-refractivity contribution is 6.33. The number of nitrogens with zero attached hydrogens (tertiary/aromatic N) is 2. The van der Waals surface area contributed by atoms with E-state index in [2.05, 4.69) is 0 Å². The average Bonchev–Trinajstić information content (AvgIpc) is 2.28. The second kappa shape index (κ2) is 6.03. The molecular formula is C13H19ClN2O. The molecule has 0 aromatic heterocycles. The van der Waals surface area contributed by atoms with Crippen molar-refractivity contribution in [3.63, 3.8) is 0 Å². The molecular weight excluding hydrogens is 236 g/mol. The average molecular weight is 255 g/mol. The minimum absolute atomic E-state index is 0.0273. The van der Waals surface area contributed by atoms with Gasteiger partial charge >= 0.3 is 0 Å². The first-order valence-corrected chi connectivity index (χ1v) is 5.96. The molecule has 0 atom stereocenters. The maximum atomic E-state index is 12.2. The van der Waals surface area contributed by atoms with Crippen LogP contribution in [0.2, 0.25) is 5.02 Å². The Hall–Kier alpha value is -1.06. The SMILES string of the molecule is Cc1ccc(Cl)c(C(=O)N(C)CCN(C)C)c1. The topological polar surface area (TPSA) is 23.6 Å². The Balaban J connectivity index is 2.78. The summed E-state index contributed by atoms with van der Waals surface area (Å²) in [6, 6.07) is 5.50. The predicted octanol–water partition coefficient (Wildman–Crippen LogP) is 2.28. The normalized spacial score (nSPS) is 10.7. The number of rotatable bonds is 4. The van der Waals surface area contributed by atoms with Crippen LogP contribution in [-0.2, 0) is 0 Å². The van der Waals surface area contributed by atoms with Crippen molar-refractivity contribution in [1.29, 1.82) is 0 Å². The van der Waals surface area contributed by atoms with Gasteiger partial charge in [0.2, 0.25) is 0 Å². The Bertz CT molecular complexity index is 404. The molecule has 3 nitrogen and oxygen atoms in total. The lowest BCUT2D eigenvalue weighted by Crippen LogP contribution is -2.33. The van der Waals surface area contributed by atoms with Crippen LogP contribution in [0.1, 0.15) is 15.9 Å². The van der Waals surface area contributed by atoms with Crippen molar-refractivity contribution in [3.05, 3.63) is 34.3 Å². The zero-order valence-electron chi connectivity index (χ0n) is 10.8. The fraction of sp³-hybridized carbons (Fsp3) is 0.462. The van der Waals surface area contributed by atoms with Crippen LogP contribution in [0, 0.1) is 6.92 Å². The highest BCUT2D eigenvalue weighted by atomic mass is 35.5. The van der Waals surface area contributed by atoms with E-state index in [0.717, 1.165) is 12.1 Å². The van der Waals surface area contributed by atoms with Gasteiger partial charge in [0.05, 0.1) is 10.6 Å². The Kier molecular flexibility index (Phi) is 4.97. The van der Waals surface area contributed by atoms with E-state index in [1.807, 2.05) is 38.1 Å². The fourth-order valence-electron chi connectivity index (χ4n) is 1.46. The molecule has 0 heterocycles. The minimum Gasteiger partial charge on any atom is -0.340 e. The van der Waals surface area contributed by atoms with Gasteiger partial charge in [-0.25, -0.2) is 0 Å². The zero-order chi connectivity index (χ0) is 13.0. The van der Waals surface area contributed by atoms with Gasteiger partial charge < -0.3 is 9.80 Å². The van der Waals surface area contributed by atoms with Gasteiger partial charge in [0.25, 0.3) is 5.91 Å². The summed E-state index contributed by atoms with van der Waals surface area (Å²) in [4.78, 5) is 15.9. The largest absolute Gasteiger partial charge is 0.340 e. The highest BCUT2D eigenvalue weighted by Gasteiger charge is 2.15. The van der Waals surface area contributed by atoms with Crippen LogP contribution in [0.4, 0.5) is 0 Å².